The Hall–Kier alpha value is -1.07. The zero-order chi connectivity index (χ0) is 14.7. The van der Waals surface area contributed by atoms with Crippen molar-refractivity contribution in [3.05, 3.63) is 21.7 Å². The van der Waals surface area contributed by atoms with Gasteiger partial charge < -0.3 is 20.8 Å². The zero-order valence-corrected chi connectivity index (χ0v) is 13.7. The molecule has 110 valence electrons. The van der Waals surface area contributed by atoms with E-state index in [9.17, 15) is 0 Å². The molecule has 2 rings (SSSR count). The maximum Gasteiger partial charge on any atom is 0.0519 e. The Balaban J connectivity index is 2.49. The van der Waals surface area contributed by atoms with Crippen LogP contribution in [-0.4, -0.2) is 32.0 Å². The summed E-state index contributed by atoms with van der Waals surface area (Å²) in [6.07, 6.45) is 3.42. The number of hydrogen-bond donors (Lipinski definition) is 2. The van der Waals surface area contributed by atoms with Crippen molar-refractivity contribution in [3.63, 3.8) is 0 Å². The average molecular weight is 340 g/mol. The molecular weight excluding hydrogens is 318 g/mol. The Kier molecular flexibility index (Phi) is 5.05. The fourth-order valence-corrected chi connectivity index (χ4v) is 3.33. The van der Waals surface area contributed by atoms with Crippen molar-refractivity contribution in [1.29, 1.82) is 5.41 Å². The number of ether oxygens (including phenoxy) is 1. The van der Waals surface area contributed by atoms with Crippen LogP contribution in [0.2, 0.25) is 0 Å². The van der Waals surface area contributed by atoms with Crippen LogP contribution in [0.4, 0.5) is 11.4 Å². The van der Waals surface area contributed by atoms with E-state index in [1.165, 1.54) is 6.21 Å². The number of hydrogen-bond acceptors (Lipinski definition) is 4. The molecule has 0 unspecified atom stereocenters. The molecule has 0 aromatic heterocycles. The summed E-state index contributed by atoms with van der Waals surface area (Å²) in [6, 6.07) is 2.34. The van der Waals surface area contributed by atoms with Crippen molar-refractivity contribution in [3.8, 4) is 0 Å². The van der Waals surface area contributed by atoms with Crippen LogP contribution in [-0.2, 0) is 4.74 Å². The summed E-state index contributed by atoms with van der Waals surface area (Å²) in [5, 5.41) is 7.70. The smallest absolute Gasteiger partial charge is 0.0519 e. The van der Waals surface area contributed by atoms with E-state index in [2.05, 4.69) is 34.7 Å². The molecule has 1 heterocycles. The molecule has 5 heteroatoms. The van der Waals surface area contributed by atoms with E-state index >= 15 is 0 Å². The molecule has 1 aliphatic heterocycles. The summed E-state index contributed by atoms with van der Waals surface area (Å²) in [5.41, 5.74) is 9.79. The number of benzene rings is 1. The monoisotopic (exact) mass is 339 g/mol. The van der Waals surface area contributed by atoms with Gasteiger partial charge in [-0.15, -0.1) is 0 Å². The van der Waals surface area contributed by atoms with Crippen molar-refractivity contribution in [2.24, 2.45) is 0 Å². The number of halogens is 1. The van der Waals surface area contributed by atoms with Gasteiger partial charge in [0.15, 0.2) is 0 Å². The quantitative estimate of drug-likeness (QED) is 0.653. The van der Waals surface area contributed by atoms with Gasteiger partial charge in [0.1, 0.15) is 0 Å². The van der Waals surface area contributed by atoms with Gasteiger partial charge in [-0.1, -0.05) is 15.9 Å². The predicted octanol–water partition coefficient (Wildman–Crippen LogP) is 3.34. The van der Waals surface area contributed by atoms with Crippen LogP contribution in [0.1, 0.15) is 30.9 Å². The molecule has 0 bridgehead atoms. The minimum absolute atomic E-state index is 0.458. The van der Waals surface area contributed by atoms with Crippen molar-refractivity contribution in [1.82, 2.24) is 0 Å². The second-order valence-electron chi connectivity index (χ2n) is 5.11. The number of nitrogens with zero attached hydrogens (tertiary/aromatic N) is 1. The minimum Gasteiger partial charge on any atom is -0.398 e. The SMILES string of the molecule is CCN(c1c(C)c(Br)cc(N)c1C=N)C1CCOCC1. The van der Waals surface area contributed by atoms with Crippen LogP contribution in [0.25, 0.3) is 0 Å². The van der Waals surface area contributed by atoms with Crippen molar-refractivity contribution >= 4 is 33.5 Å². The largest absolute Gasteiger partial charge is 0.398 e. The van der Waals surface area contributed by atoms with E-state index in [1.807, 2.05) is 6.07 Å². The van der Waals surface area contributed by atoms with Crippen LogP contribution in [0, 0.1) is 12.3 Å². The second-order valence-corrected chi connectivity index (χ2v) is 5.96. The first-order valence-electron chi connectivity index (χ1n) is 7.03. The predicted molar refractivity (Wildman–Crippen MR) is 88.0 cm³/mol. The van der Waals surface area contributed by atoms with Crippen molar-refractivity contribution in [2.75, 3.05) is 30.4 Å². The van der Waals surface area contributed by atoms with Gasteiger partial charge in [0.05, 0.1) is 5.69 Å². The third-order valence-corrected chi connectivity index (χ3v) is 4.79. The molecule has 4 nitrogen and oxygen atoms in total. The molecule has 0 aliphatic carbocycles. The maximum absolute atomic E-state index is 7.70. The molecule has 20 heavy (non-hydrogen) atoms. The molecule has 1 fully saturated rings. The molecule has 0 amide bonds. The van der Waals surface area contributed by atoms with Crippen LogP contribution in [0.15, 0.2) is 10.5 Å². The molecule has 3 N–H and O–H groups in total. The van der Waals surface area contributed by atoms with Gasteiger partial charge in [0.2, 0.25) is 0 Å². The standard InChI is InChI=1S/C15H22BrN3O/c1-3-19(11-4-6-20-7-5-11)15-10(2)13(16)8-14(18)12(15)9-17/h8-9,11,17H,3-7,18H2,1-2H3. The van der Waals surface area contributed by atoms with Crippen LogP contribution < -0.4 is 10.6 Å². The highest BCUT2D eigenvalue weighted by atomic mass is 79.9. The molecular formula is C15H22BrN3O. The average Bonchev–Trinajstić information content (AvgIpc) is 2.46. The molecule has 0 saturated carbocycles. The highest BCUT2D eigenvalue weighted by molar-refractivity contribution is 9.10. The Bertz CT molecular complexity index is 498. The third-order valence-electron chi connectivity index (χ3n) is 3.97. The number of anilines is 2. The lowest BCUT2D eigenvalue weighted by molar-refractivity contribution is 0.0846. The number of nitrogens with two attached hydrogens (primary N) is 1. The first-order valence-corrected chi connectivity index (χ1v) is 7.82. The van der Waals surface area contributed by atoms with Gasteiger partial charge in [-0.2, -0.15) is 0 Å². The lowest BCUT2D eigenvalue weighted by Gasteiger charge is -2.37. The van der Waals surface area contributed by atoms with Gasteiger partial charge in [0, 0.05) is 47.7 Å². The molecule has 0 spiro atoms. The Morgan fingerprint density at radius 2 is 2.15 bits per heavy atom. The third kappa shape index (κ3) is 2.83. The molecule has 0 radical (unpaired) electrons. The highest BCUT2D eigenvalue weighted by Crippen LogP contribution is 2.36. The number of rotatable bonds is 4. The van der Waals surface area contributed by atoms with E-state index in [4.69, 9.17) is 15.9 Å². The fraction of sp³-hybridized carbons (Fsp3) is 0.533. The Morgan fingerprint density at radius 3 is 2.70 bits per heavy atom. The van der Waals surface area contributed by atoms with Gasteiger partial charge >= 0.3 is 0 Å². The minimum atomic E-state index is 0.458. The van der Waals surface area contributed by atoms with Crippen LogP contribution in [0.3, 0.4) is 0 Å². The van der Waals surface area contributed by atoms with Crippen molar-refractivity contribution < 1.29 is 4.74 Å². The van der Waals surface area contributed by atoms with Crippen molar-refractivity contribution in [2.45, 2.75) is 32.7 Å². The van der Waals surface area contributed by atoms with E-state index in [0.717, 1.165) is 53.9 Å². The van der Waals surface area contributed by atoms with E-state index in [1.54, 1.807) is 0 Å². The van der Waals surface area contributed by atoms with Crippen LogP contribution >= 0.6 is 15.9 Å². The Morgan fingerprint density at radius 1 is 1.50 bits per heavy atom. The first kappa shape index (κ1) is 15.3. The molecule has 1 aromatic carbocycles. The summed E-state index contributed by atoms with van der Waals surface area (Å²) in [5.74, 6) is 0. The maximum atomic E-state index is 7.70. The molecule has 1 saturated heterocycles. The summed E-state index contributed by atoms with van der Waals surface area (Å²) >= 11 is 3.58. The lowest BCUT2D eigenvalue weighted by atomic mass is 10.0. The number of nitrogens with one attached hydrogen (secondary N) is 1. The molecule has 0 atom stereocenters. The van der Waals surface area contributed by atoms with E-state index in [-0.39, 0.29) is 0 Å². The van der Waals surface area contributed by atoms with Gasteiger partial charge in [-0.3, -0.25) is 0 Å². The molecule has 1 aromatic rings. The fourth-order valence-electron chi connectivity index (χ4n) is 2.89. The summed E-state index contributed by atoms with van der Waals surface area (Å²) < 4.78 is 6.46. The first-order chi connectivity index (χ1) is 9.60. The molecule has 1 aliphatic rings. The summed E-state index contributed by atoms with van der Waals surface area (Å²) in [6.45, 7) is 6.75. The highest BCUT2D eigenvalue weighted by Gasteiger charge is 2.25. The summed E-state index contributed by atoms with van der Waals surface area (Å²) in [7, 11) is 0. The van der Waals surface area contributed by atoms with E-state index < -0.39 is 0 Å². The summed E-state index contributed by atoms with van der Waals surface area (Å²) in [4.78, 5) is 2.37. The van der Waals surface area contributed by atoms with Gasteiger partial charge in [-0.25, -0.2) is 0 Å². The van der Waals surface area contributed by atoms with Crippen LogP contribution in [0.5, 0.6) is 0 Å². The van der Waals surface area contributed by atoms with Gasteiger partial charge in [-0.05, 0) is 38.3 Å². The normalized spacial score (nSPS) is 16.1. The van der Waals surface area contributed by atoms with Gasteiger partial charge in [0.25, 0.3) is 0 Å². The number of nitrogen functional groups attached to an aromatic ring is 1. The lowest BCUT2D eigenvalue weighted by Crippen LogP contribution is -2.40. The topological polar surface area (TPSA) is 62.3 Å². The van der Waals surface area contributed by atoms with E-state index in [0.29, 0.717) is 11.7 Å². The zero-order valence-electron chi connectivity index (χ0n) is 12.1. The second kappa shape index (κ2) is 6.59. The Labute approximate surface area is 128 Å².